The van der Waals surface area contributed by atoms with Crippen LogP contribution in [0.25, 0.3) is 16.9 Å². The highest BCUT2D eigenvalue weighted by molar-refractivity contribution is 7.14. The molecule has 0 spiro atoms. The second kappa shape index (κ2) is 8.76. The van der Waals surface area contributed by atoms with Crippen molar-refractivity contribution in [3.63, 3.8) is 0 Å². The number of carbonyl (C=O) groups excluding carboxylic acids is 1. The van der Waals surface area contributed by atoms with Gasteiger partial charge in [0, 0.05) is 35.0 Å². The summed E-state index contributed by atoms with van der Waals surface area (Å²) in [5, 5.41) is 16.4. The van der Waals surface area contributed by atoms with Gasteiger partial charge in [0.05, 0.1) is 23.6 Å². The third kappa shape index (κ3) is 4.28. The first-order chi connectivity index (χ1) is 15.1. The third-order valence-electron chi connectivity index (χ3n) is 4.40. The molecule has 1 amide bonds. The number of thiazole rings is 1. The van der Waals surface area contributed by atoms with Gasteiger partial charge in [0.2, 0.25) is 0 Å². The topological polar surface area (TPSA) is 112 Å². The molecule has 0 saturated heterocycles. The summed E-state index contributed by atoms with van der Waals surface area (Å²) in [6.45, 7) is 2.43. The van der Waals surface area contributed by atoms with Crippen molar-refractivity contribution in [1.82, 2.24) is 14.5 Å². The Kier molecular flexibility index (Phi) is 5.72. The zero-order valence-corrected chi connectivity index (χ0v) is 17.2. The summed E-state index contributed by atoms with van der Waals surface area (Å²) in [5.74, 6) is 0.221. The fraction of sp³-hybridized carbons (Fsp3) is 0.0952. The third-order valence-corrected chi connectivity index (χ3v) is 5.16. The summed E-state index contributed by atoms with van der Waals surface area (Å²) >= 11 is 1.26. The number of amides is 1. The Bertz CT molecular complexity index is 1240. The highest BCUT2D eigenvalue weighted by Crippen LogP contribution is 2.32. The van der Waals surface area contributed by atoms with Gasteiger partial charge in [-0.25, -0.2) is 9.97 Å². The predicted octanol–water partition coefficient (Wildman–Crippen LogP) is 4.56. The molecule has 0 aliphatic rings. The average molecular weight is 435 g/mol. The molecule has 1 N–H and O–H groups in total. The van der Waals surface area contributed by atoms with Crippen LogP contribution < -0.4 is 10.1 Å². The van der Waals surface area contributed by atoms with E-state index in [1.54, 1.807) is 6.20 Å². The second-order valence-corrected chi connectivity index (χ2v) is 7.21. The van der Waals surface area contributed by atoms with Crippen molar-refractivity contribution in [2.24, 2.45) is 0 Å². The molecule has 0 aliphatic heterocycles. The number of nitrogens with one attached hydrogen (secondary N) is 1. The number of rotatable bonds is 7. The van der Waals surface area contributed by atoms with Gasteiger partial charge in [0.25, 0.3) is 11.6 Å². The Morgan fingerprint density at radius 3 is 2.87 bits per heavy atom. The Hall–Kier alpha value is -4.05. The van der Waals surface area contributed by atoms with Gasteiger partial charge in [0.1, 0.15) is 11.4 Å². The molecule has 0 saturated carbocycles. The molecule has 4 aromatic rings. The standard InChI is InChI=1S/C21H17N5O4S/c1-2-30-19-6-4-3-5-15(19)16-12-31-21(23-16)24-20(27)14-7-8-17(18(11-14)26(28)29)25-10-9-22-13-25/h3-13H,2H2,1H3,(H,23,24,27). The van der Waals surface area contributed by atoms with Crippen molar-refractivity contribution in [3.8, 4) is 22.7 Å². The molecule has 2 aromatic heterocycles. The van der Waals surface area contributed by atoms with Crippen LogP contribution in [0, 0.1) is 10.1 Å². The molecule has 0 fully saturated rings. The van der Waals surface area contributed by atoms with Gasteiger partial charge in [-0.1, -0.05) is 12.1 Å². The smallest absolute Gasteiger partial charge is 0.294 e. The SMILES string of the molecule is CCOc1ccccc1-c1csc(NC(=O)c2ccc(-n3ccnc3)c([N+](=O)[O-])c2)n1. The van der Waals surface area contributed by atoms with Crippen LogP contribution in [0.3, 0.4) is 0 Å². The second-order valence-electron chi connectivity index (χ2n) is 6.35. The number of aromatic nitrogens is 3. The molecule has 31 heavy (non-hydrogen) atoms. The monoisotopic (exact) mass is 435 g/mol. The number of carbonyl (C=O) groups is 1. The quantitative estimate of drug-likeness (QED) is 0.336. The molecule has 0 bridgehead atoms. The minimum absolute atomic E-state index is 0.155. The highest BCUT2D eigenvalue weighted by atomic mass is 32.1. The number of nitro groups is 1. The van der Waals surface area contributed by atoms with Crippen molar-refractivity contribution in [2.75, 3.05) is 11.9 Å². The van der Waals surface area contributed by atoms with Crippen LogP contribution in [-0.4, -0.2) is 32.0 Å². The minimum atomic E-state index is -0.529. The fourth-order valence-electron chi connectivity index (χ4n) is 3.01. The maximum Gasteiger partial charge on any atom is 0.294 e. The summed E-state index contributed by atoms with van der Waals surface area (Å²) in [5.41, 5.74) is 1.77. The van der Waals surface area contributed by atoms with Crippen LogP contribution in [0.4, 0.5) is 10.8 Å². The van der Waals surface area contributed by atoms with E-state index in [0.29, 0.717) is 28.9 Å². The van der Waals surface area contributed by atoms with Gasteiger partial charge in [-0.3, -0.25) is 20.2 Å². The van der Waals surface area contributed by atoms with E-state index in [1.807, 2.05) is 36.6 Å². The summed E-state index contributed by atoms with van der Waals surface area (Å²) in [6.07, 6.45) is 4.58. The van der Waals surface area contributed by atoms with Gasteiger partial charge in [-0.2, -0.15) is 0 Å². The molecule has 10 heteroatoms. The number of benzene rings is 2. The van der Waals surface area contributed by atoms with Gasteiger partial charge in [-0.05, 0) is 31.2 Å². The van der Waals surface area contributed by atoms with E-state index in [0.717, 1.165) is 5.56 Å². The van der Waals surface area contributed by atoms with Crippen LogP contribution in [0.1, 0.15) is 17.3 Å². The van der Waals surface area contributed by atoms with Gasteiger partial charge in [-0.15, -0.1) is 11.3 Å². The molecule has 2 aromatic carbocycles. The fourth-order valence-corrected chi connectivity index (χ4v) is 3.72. The van der Waals surface area contributed by atoms with Crippen LogP contribution >= 0.6 is 11.3 Å². The number of para-hydroxylation sites is 1. The average Bonchev–Trinajstić information content (AvgIpc) is 3.46. The maximum atomic E-state index is 12.7. The first-order valence-electron chi connectivity index (χ1n) is 9.32. The first-order valence-corrected chi connectivity index (χ1v) is 10.2. The van der Waals surface area contributed by atoms with Crippen molar-refractivity contribution < 1.29 is 14.5 Å². The summed E-state index contributed by atoms with van der Waals surface area (Å²) in [4.78, 5) is 32.0. The highest BCUT2D eigenvalue weighted by Gasteiger charge is 2.20. The van der Waals surface area contributed by atoms with E-state index in [1.165, 1.54) is 46.6 Å². The molecule has 0 unspecified atom stereocenters. The Balaban J connectivity index is 1.57. The number of hydrogen-bond acceptors (Lipinski definition) is 7. The molecule has 0 aliphatic carbocycles. The number of ether oxygens (including phenoxy) is 1. The largest absolute Gasteiger partial charge is 0.493 e. The number of anilines is 1. The molecular formula is C21H17N5O4S. The lowest BCUT2D eigenvalue weighted by atomic mass is 10.1. The number of nitro benzene ring substituents is 1. The van der Waals surface area contributed by atoms with Crippen molar-refractivity contribution in [3.05, 3.63) is 82.2 Å². The Morgan fingerprint density at radius 1 is 1.29 bits per heavy atom. The van der Waals surface area contributed by atoms with Crippen LogP contribution in [-0.2, 0) is 0 Å². The molecule has 156 valence electrons. The molecule has 2 heterocycles. The van der Waals surface area contributed by atoms with E-state index in [-0.39, 0.29) is 11.3 Å². The number of nitrogens with zero attached hydrogens (tertiary/aromatic N) is 4. The summed E-state index contributed by atoms with van der Waals surface area (Å²) in [6, 6.07) is 11.8. The zero-order chi connectivity index (χ0) is 21.8. The van der Waals surface area contributed by atoms with Crippen molar-refractivity contribution in [2.45, 2.75) is 6.92 Å². The van der Waals surface area contributed by atoms with Crippen molar-refractivity contribution in [1.29, 1.82) is 0 Å². The summed E-state index contributed by atoms with van der Waals surface area (Å²) in [7, 11) is 0. The summed E-state index contributed by atoms with van der Waals surface area (Å²) < 4.78 is 7.15. The van der Waals surface area contributed by atoms with Crippen molar-refractivity contribution >= 4 is 28.1 Å². The van der Waals surface area contributed by atoms with E-state index in [9.17, 15) is 14.9 Å². The van der Waals surface area contributed by atoms with E-state index >= 15 is 0 Å². The van der Waals surface area contributed by atoms with Crippen LogP contribution in [0.2, 0.25) is 0 Å². The molecule has 9 nitrogen and oxygen atoms in total. The predicted molar refractivity (Wildman–Crippen MR) is 117 cm³/mol. The van der Waals surface area contributed by atoms with Crippen LogP contribution in [0.15, 0.2) is 66.6 Å². The maximum absolute atomic E-state index is 12.7. The lowest BCUT2D eigenvalue weighted by molar-refractivity contribution is -0.384. The molecular weight excluding hydrogens is 418 g/mol. The number of hydrogen-bond donors (Lipinski definition) is 1. The number of imidazole rings is 1. The first kappa shape index (κ1) is 20.2. The van der Waals surface area contributed by atoms with Gasteiger partial charge >= 0.3 is 0 Å². The molecule has 0 radical (unpaired) electrons. The molecule has 4 rings (SSSR count). The Morgan fingerprint density at radius 2 is 2.13 bits per heavy atom. The molecule has 0 atom stereocenters. The minimum Gasteiger partial charge on any atom is -0.493 e. The normalized spacial score (nSPS) is 10.6. The lowest BCUT2D eigenvalue weighted by Gasteiger charge is -2.08. The van der Waals surface area contributed by atoms with Gasteiger partial charge < -0.3 is 9.30 Å². The van der Waals surface area contributed by atoms with E-state index < -0.39 is 10.8 Å². The van der Waals surface area contributed by atoms with E-state index in [2.05, 4.69) is 15.3 Å². The lowest BCUT2D eigenvalue weighted by Crippen LogP contribution is -2.12. The van der Waals surface area contributed by atoms with Gasteiger partial charge in [0.15, 0.2) is 5.13 Å². The zero-order valence-electron chi connectivity index (χ0n) is 16.4. The van der Waals surface area contributed by atoms with E-state index in [4.69, 9.17) is 4.74 Å². The van der Waals surface area contributed by atoms with Crippen LogP contribution in [0.5, 0.6) is 5.75 Å². The Labute approximate surface area is 181 Å².